The van der Waals surface area contributed by atoms with Gasteiger partial charge in [0.2, 0.25) is 5.91 Å². The minimum atomic E-state index is -0.644. The average molecular weight is 917 g/mol. The zero-order valence-corrected chi connectivity index (χ0v) is 43.5. The average Bonchev–Trinajstić information content (AvgIpc) is 3.29. The van der Waals surface area contributed by atoms with Crippen LogP contribution in [0.4, 0.5) is 0 Å². The van der Waals surface area contributed by atoms with Crippen LogP contribution in [0.2, 0.25) is 0 Å². The van der Waals surface area contributed by atoms with Crippen molar-refractivity contribution in [3.63, 3.8) is 0 Å². The number of carbonyl (C=O) groups is 4. The van der Waals surface area contributed by atoms with Crippen molar-refractivity contribution in [3.8, 4) is 0 Å². The van der Waals surface area contributed by atoms with Crippen LogP contribution in [-0.2, 0) is 33.4 Å². The van der Waals surface area contributed by atoms with Gasteiger partial charge in [-0.25, -0.2) is 0 Å². The topological polar surface area (TPSA) is 102 Å². The second kappa shape index (κ2) is 47.8. The molecule has 1 atom stereocenters. The lowest BCUT2D eigenvalue weighted by Crippen LogP contribution is -2.47. The fourth-order valence-electron chi connectivity index (χ4n) is 8.06. The van der Waals surface area contributed by atoms with Crippen molar-refractivity contribution in [1.82, 2.24) is 9.80 Å². The van der Waals surface area contributed by atoms with Gasteiger partial charge in [0.1, 0.15) is 19.3 Å². The molecule has 0 aromatic carbocycles. The smallest absolute Gasteiger partial charge is 0.306 e. The molecular formula is C56H104N2O7. The summed E-state index contributed by atoms with van der Waals surface area (Å²) in [6.07, 6.45) is 46.1. The maximum atomic E-state index is 13.9. The van der Waals surface area contributed by atoms with Crippen LogP contribution in [0.5, 0.6) is 0 Å². The van der Waals surface area contributed by atoms with Crippen molar-refractivity contribution in [2.24, 2.45) is 0 Å². The Morgan fingerprint density at radius 2 is 0.831 bits per heavy atom. The summed E-state index contributed by atoms with van der Waals surface area (Å²) in [6.45, 7) is 9.71. The van der Waals surface area contributed by atoms with E-state index in [0.717, 1.165) is 103 Å². The fourth-order valence-corrected chi connectivity index (χ4v) is 8.06. The normalized spacial score (nSPS) is 12.2. The van der Waals surface area contributed by atoms with E-state index in [4.69, 9.17) is 14.2 Å². The van der Waals surface area contributed by atoms with Crippen LogP contribution in [0.1, 0.15) is 259 Å². The standard InChI is InChI=1S/C56H104N2O7/c1-7-11-14-16-18-20-22-24-26-28-30-32-34-36-39-43-54(60)63-49-51(50-64-55(61)44-40-37-35-33-31-29-27-25-23-21-19-17-15-12-8-2)58(48-41-47-57(5)6)53(59)45-46-56(62)65-52(10-4)42-38-13-9-3/h24-27,51-52H,7-23,28-50H2,1-6H3/b26-24-,27-25-. The highest BCUT2D eigenvalue weighted by molar-refractivity contribution is 5.82. The van der Waals surface area contributed by atoms with E-state index in [2.05, 4.69) is 50.0 Å². The monoisotopic (exact) mass is 917 g/mol. The SMILES string of the molecule is CCCCCCCC/C=C\CCCCCCCC(=O)OCC(COC(=O)CCCCCCC/C=C\CCCCCCCC)N(CCCN(C)C)C(=O)CCC(=O)OC(CC)CCCCC. The van der Waals surface area contributed by atoms with E-state index in [1.807, 2.05) is 21.0 Å². The van der Waals surface area contributed by atoms with Crippen molar-refractivity contribution >= 4 is 23.8 Å². The summed E-state index contributed by atoms with van der Waals surface area (Å²) < 4.78 is 17.4. The summed E-state index contributed by atoms with van der Waals surface area (Å²) in [4.78, 5) is 56.5. The van der Waals surface area contributed by atoms with Crippen LogP contribution in [0, 0.1) is 0 Å². The minimum absolute atomic E-state index is 0.0194. The lowest BCUT2D eigenvalue weighted by molar-refractivity contribution is -0.155. The van der Waals surface area contributed by atoms with Gasteiger partial charge in [-0.1, -0.05) is 168 Å². The van der Waals surface area contributed by atoms with E-state index in [-0.39, 0.29) is 56.0 Å². The summed E-state index contributed by atoms with van der Waals surface area (Å²) in [5.41, 5.74) is 0. The molecule has 0 saturated carbocycles. The molecule has 0 aliphatic rings. The van der Waals surface area contributed by atoms with Gasteiger partial charge in [0, 0.05) is 25.8 Å². The molecule has 0 aromatic heterocycles. The maximum absolute atomic E-state index is 13.9. The summed E-state index contributed by atoms with van der Waals surface area (Å²) in [7, 11) is 3.97. The van der Waals surface area contributed by atoms with Gasteiger partial charge in [0.15, 0.2) is 0 Å². The van der Waals surface area contributed by atoms with Crippen molar-refractivity contribution in [2.75, 3.05) is 40.4 Å². The summed E-state index contributed by atoms with van der Waals surface area (Å²) >= 11 is 0. The Bertz CT molecular complexity index is 1120. The second-order valence-electron chi connectivity index (χ2n) is 18.9. The number of hydrogen-bond acceptors (Lipinski definition) is 8. The van der Waals surface area contributed by atoms with Crippen molar-refractivity contribution in [1.29, 1.82) is 0 Å². The van der Waals surface area contributed by atoms with Gasteiger partial charge in [0.25, 0.3) is 0 Å². The first kappa shape index (κ1) is 62.3. The van der Waals surface area contributed by atoms with Crippen LogP contribution in [0.15, 0.2) is 24.3 Å². The van der Waals surface area contributed by atoms with Crippen LogP contribution >= 0.6 is 0 Å². The highest BCUT2D eigenvalue weighted by Gasteiger charge is 2.27. The zero-order valence-electron chi connectivity index (χ0n) is 43.5. The number of amides is 1. The van der Waals surface area contributed by atoms with Gasteiger partial charge < -0.3 is 24.0 Å². The Kier molecular flexibility index (Phi) is 45.8. The van der Waals surface area contributed by atoms with Crippen molar-refractivity contribution in [3.05, 3.63) is 24.3 Å². The number of hydrogen-bond donors (Lipinski definition) is 0. The van der Waals surface area contributed by atoms with Gasteiger partial charge in [-0.15, -0.1) is 0 Å². The minimum Gasteiger partial charge on any atom is -0.463 e. The quantitative estimate of drug-likeness (QED) is 0.0257. The Hall–Kier alpha value is -2.68. The Labute approximate surface area is 401 Å². The van der Waals surface area contributed by atoms with E-state index >= 15 is 0 Å². The lowest BCUT2D eigenvalue weighted by Gasteiger charge is -2.32. The molecule has 9 heteroatoms. The van der Waals surface area contributed by atoms with Crippen LogP contribution < -0.4 is 0 Å². The molecule has 0 radical (unpaired) electrons. The first-order chi connectivity index (χ1) is 31.7. The molecule has 1 unspecified atom stereocenters. The number of rotatable bonds is 48. The van der Waals surface area contributed by atoms with Crippen molar-refractivity contribution < 1.29 is 33.4 Å². The fraction of sp³-hybridized carbons (Fsp3) is 0.857. The maximum Gasteiger partial charge on any atom is 0.306 e. The van der Waals surface area contributed by atoms with Crippen LogP contribution in [-0.4, -0.2) is 86.2 Å². The lowest BCUT2D eigenvalue weighted by atomic mass is 10.1. The summed E-state index contributed by atoms with van der Waals surface area (Å²) in [6, 6.07) is -0.644. The third-order valence-corrected chi connectivity index (χ3v) is 12.4. The summed E-state index contributed by atoms with van der Waals surface area (Å²) in [5.74, 6) is -1.20. The molecule has 0 rings (SSSR count). The Morgan fingerprint density at radius 1 is 0.431 bits per heavy atom. The highest BCUT2D eigenvalue weighted by atomic mass is 16.6. The molecule has 0 aliphatic carbocycles. The van der Waals surface area contributed by atoms with Gasteiger partial charge >= 0.3 is 17.9 Å². The van der Waals surface area contributed by atoms with E-state index in [9.17, 15) is 19.2 Å². The molecule has 380 valence electrons. The van der Waals surface area contributed by atoms with E-state index < -0.39 is 6.04 Å². The molecule has 1 amide bonds. The van der Waals surface area contributed by atoms with E-state index in [1.54, 1.807) is 4.90 Å². The molecule has 0 saturated heterocycles. The van der Waals surface area contributed by atoms with Gasteiger partial charge in [0.05, 0.1) is 12.5 Å². The molecule has 0 N–H and O–H groups in total. The Balaban J connectivity index is 5.13. The predicted molar refractivity (Wildman–Crippen MR) is 273 cm³/mol. The molecule has 0 fully saturated rings. The molecule has 65 heavy (non-hydrogen) atoms. The molecule has 0 aliphatic heterocycles. The molecule has 9 nitrogen and oxygen atoms in total. The van der Waals surface area contributed by atoms with E-state index in [0.29, 0.717) is 25.8 Å². The highest BCUT2D eigenvalue weighted by Crippen LogP contribution is 2.16. The van der Waals surface area contributed by atoms with E-state index in [1.165, 1.54) is 103 Å². The predicted octanol–water partition coefficient (Wildman–Crippen LogP) is 15.0. The second-order valence-corrected chi connectivity index (χ2v) is 18.9. The number of ether oxygens (including phenoxy) is 3. The largest absolute Gasteiger partial charge is 0.463 e. The number of nitrogens with zero attached hydrogens (tertiary/aromatic N) is 2. The van der Waals surface area contributed by atoms with Crippen molar-refractivity contribution in [2.45, 2.75) is 271 Å². The third kappa shape index (κ3) is 42.4. The number of unbranched alkanes of at least 4 members (excludes halogenated alkanes) is 24. The molecule has 0 aromatic rings. The molecular weight excluding hydrogens is 813 g/mol. The van der Waals surface area contributed by atoms with Gasteiger partial charge in [-0.05, 0) is 111 Å². The van der Waals surface area contributed by atoms with Crippen LogP contribution in [0.3, 0.4) is 0 Å². The number of carbonyl (C=O) groups excluding carboxylic acids is 4. The number of allylic oxidation sites excluding steroid dienone is 4. The first-order valence-corrected chi connectivity index (χ1v) is 27.4. The summed E-state index contributed by atoms with van der Waals surface area (Å²) in [5, 5.41) is 0. The first-order valence-electron chi connectivity index (χ1n) is 27.4. The Morgan fingerprint density at radius 3 is 1.25 bits per heavy atom. The third-order valence-electron chi connectivity index (χ3n) is 12.4. The van der Waals surface area contributed by atoms with Gasteiger partial charge in [-0.3, -0.25) is 19.2 Å². The number of esters is 3. The van der Waals surface area contributed by atoms with Gasteiger partial charge in [-0.2, -0.15) is 0 Å². The molecule has 0 heterocycles. The molecule has 0 spiro atoms. The molecule has 0 bridgehead atoms. The van der Waals surface area contributed by atoms with Crippen LogP contribution in [0.25, 0.3) is 0 Å². The zero-order chi connectivity index (χ0) is 47.9.